The lowest BCUT2D eigenvalue weighted by Crippen LogP contribution is -2.13. The first-order valence-electron chi connectivity index (χ1n) is 6.27. The van der Waals surface area contributed by atoms with E-state index in [-0.39, 0.29) is 5.91 Å². The molecule has 1 heterocycles. The molecule has 5 nitrogen and oxygen atoms in total. The maximum Gasteiger partial charge on any atom is 0.276 e. The van der Waals surface area contributed by atoms with Crippen LogP contribution < -0.4 is 10.1 Å². The van der Waals surface area contributed by atoms with E-state index in [4.69, 9.17) is 4.74 Å². The number of carbonyl (C=O) groups is 1. The number of aromatic amines is 1. The molecule has 3 aromatic rings. The Balaban J connectivity index is 1.93. The number of anilines is 1. The molecule has 0 saturated carbocycles. The molecule has 0 atom stereocenters. The molecular weight excluding hydrogens is 334 g/mol. The number of benzene rings is 2. The molecule has 0 radical (unpaired) electrons. The van der Waals surface area contributed by atoms with Gasteiger partial charge in [0.2, 0.25) is 0 Å². The van der Waals surface area contributed by atoms with Gasteiger partial charge in [0.05, 0.1) is 18.3 Å². The highest BCUT2D eigenvalue weighted by Gasteiger charge is 2.15. The van der Waals surface area contributed by atoms with Crippen LogP contribution in [0.3, 0.4) is 0 Å². The number of para-hydroxylation sites is 1. The van der Waals surface area contributed by atoms with Crippen LogP contribution in [0.2, 0.25) is 0 Å². The lowest BCUT2D eigenvalue weighted by molar-refractivity contribution is 0.102. The van der Waals surface area contributed by atoms with Gasteiger partial charge in [-0.3, -0.25) is 9.89 Å². The van der Waals surface area contributed by atoms with Crippen molar-refractivity contribution in [1.29, 1.82) is 0 Å². The SMILES string of the molecule is COc1ccc(Br)c(NC(=O)c2n[nH]c3ccccc23)c1. The summed E-state index contributed by atoms with van der Waals surface area (Å²) in [6.45, 7) is 0. The number of hydrogen-bond donors (Lipinski definition) is 2. The van der Waals surface area contributed by atoms with Gasteiger partial charge in [-0.2, -0.15) is 5.10 Å². The lowest BCUT2D eigenvalue weighted by atomic mass is 10.2. The van der Waals surface area contributed by atoms with E-state index < -0.39 is 0 Å². The third kappa shape index (κ3) is 2.62. The first-order valence-corrected chi connectivity index (χ1v) is 7.06. The second kappa shape index (κ2) is 5.57. The van der Waals surface area contributed by atoms with Crippen molar-refractivity contribution in [1.82, 2.24) is 10.2 Å². The smallest absolute Gasteiger partial charge is 0.276 e. The van der Waals surface area contributed by atoms with Crippen molar-refractivity contribution >= 4 is 38.4 Å². The number of halogens is 1. The van der Waals surface area contributed by atoms with Crippen LogP contribution in [0.25, 0.3) is 10.9 Å². The fourth-order valence-corrected chi connectivity index (χ4v) is 2.39. The zero-order valence-corrected chi connectivity index (χ0v) is 12.8. The van der Waals surface area contributed by atoms with E-state index in [1.807, 2.05) is 36.4 Å². The third-order valence-electron chi connectivity index (χ3n) is 3.11. The van der Waals surface area contributed by atoms with Crippen LogP contribution in [0, 0.1) is 0 Å². The molecule has 0 aliphatic rings. The van der Waals surface area contributed by atoms with Gasteiger partial charge in [-0.15, -0.1) is 0 Å². The Kier molecular flexibility index (Phi) is 3.62. The summed E-state index contributed by atoms with van der Waals surface area (Å²) in [7, 11) is 1.58. The number of H-pyrrole nitrogens is 1. The van der Waals surface area contributed by atoms with Crippen molar-refractivity contribution in [3.05, 3.63) is 52.6 Å². The normalized spacial score (nSPS) is 10.6. The van der Waals surface area contributed by atoms with Gasteiger partial charge in [-0.25, -0.2) is 0 Å². The topological polar surface area (TPSA) is 67.0 Å². The molecule has 2 aromatic carbocycles. The minimum atomic E-state index is -0.276. The monoisotopic (exact) mass is 345 g/mol. The average molecular weight is 346 g/mol. The molecule has 0 bridgehead atoms. The number of nitrogens with zero attached hydrogens (tertiary/aromatic N) is 1. The predicted octanol–water partition coefficient (Wildman–Crippen LogP) is 3.59. The Morgan fingerprint density at radius 1 is 1.29 bits per heavy atom. The van der Waals surface area contributed by atoms with Crippen molar-refractivity contribution in [2.45, 2.75) is 0 Å². The molecule has 0 aliphatic heterocycles. The summed E-state index contributed by atoms with van der Waals surface area (Å²) < 4.78 is 5.93. The van der Waals surface area contributed by atoms with Crippen LogP contribution >= 0.6 is 15.9 Å². The number of amides is 1. The van der Waals surface area contributed by atoms with Crippen LogP contribution in [0.4, 0.5) is 5.69 Å². The van der Waals surface area contributed by atoms with Crippen molar-refractivity contribution < 1.29 is 9.53 Å². The highest BCUT2D eigenvalue weighted by Crippen LogP contribution is 2.28. The minimum Gasteiger partial charge on any atom is -0.497 e. The highest BCUT2D eigenvalue weighted by molar-refractivity contribution is 9.10. The Hall–Kier alpha value is -2.34. The van der Waals surface area contributed by atoms with Crippen LogP contribution in [0.1, 0.15) is 10.5 Å². The molecule has 3 rings (SSSR count). The number of hydrogen-bond acceptors (Lipinski definition) is 3. The third-order valence-corrected chi connectivity index (χ3v) is 3.80. The number of rotatable bonds is 3. The Morgan fingerprint density at radius 3 is 2.90 bits per heavy atom. The van der Waals surface area contributed by atoms with Crippen molar-refractivity contribution in [2.75, 3.05) is 12.4 Å². The predicted molar refractivity (Wildman–Crippen MR) is 84.7 cm³/mol. The van der Waals surface area contributed by atoms with Gasteiger partial charge in [0.1, 0.15) is 5.75 Å². The van der Waals surface area contributed by atoms with E-state index >= 15 is 0 Å². The van der Waals surface area contributed by atoms with E-state index in [2.05, 4.69) is 31.4 Å². The quantitative estimate of drug-likeness (QED) is 0.762. The van der Waals surface area contributed by atoms with Gasteiger partial charge >= 0.3 is 0 Å². The number of carbonyl (C=O) groups excluding carboxylic acids is 1. The summed E-state index contributed by atoms with van der Waals surface area (Å²) in [6, 6.07) is 12.9. The summed E-state index contributed by atoms with van der Waals surface area (Å²) in [4.78, 5) is 12.4. The molecule has 0 saturated heterocycles. The van der Waals surface area contributed by atoms with Crippen LogP contribution in [-0.2, 0) is 0 Å². The number of ether oxygens (including phenoxy) is 1. The molecule has 1 amide bonds. The summed E-state index contributed by atoms with van der Waals surface area (Å²) in [5.41, 5.74) is 1.82. The van der Waals surface area contributed by atoms with E-state index in [0.29, 0.717) is 17.1 Å². The molecule has 0 aliphatic carbocycles. The number of methoxy groups -OCH3 is 1. The molecular formula is C15H12BrN3O2. The Morgan fingerprint density at radius 2 is 2.10 bits per heavy atom. The first kappa shape index (κ1) is 13.6. The number of nitrogens with one attached hydrogen (secondary N) is 2. The fourth-order valence-electron chi connectivity index (χ4n) is 2.05. The summed E-state index contributed by atoms with van der Waals surface area (Å²) >= 11 is 3.40. The first-order chi connectivity index (χ1) is 10.2. The van der Waals surface area contributed by atoms with Crippen molar-refractivity contribution in [2.24, 2.45) is 0 Å². The van der Waals surface area contributed by atoms with Gasteiger partial charge in [0.25, 0.3) is 5.91 Å². The Labute approximate surface area is 129 Å². The van der Waals surface area contributed by atoms with Crippen LogP contribution in [0.15, 0.2) is 46.9 Å². The lowest BCUT2D eigenvalue weighted by Gasteiger charge is -2.08. The van der Waals surface area contributed by atoms with Gasteiger partial charge in [0.15, 0.2) is 5.69 Å². The van der Waals surface area contributed by atoms with Crippen LogP contribution in [-0.4, -0.2) is 23.2 Å². The number of fused-ring (bicyclic) bond motifs is 1. The largest absolute Gasteiger partial charge is 0.497 e. The van der Waals surface area contributed by atoms with Gasteiger partial charge in [-0.05, 0) is 34.1 Å². The second-order valence-corrected chi connectivity index (χ2v) is 5.27. The molecule has 6 heteroatoms. The van der Waals surface area contributed by atoms with E-state index in [9.17, 15) is 4.79 Å². The van der Waals surface area contributed by atoms with E-state index in [0.717, 1.165) is 15.4 Å². The molecule has 2 N–H and O–H groups in total. The van der Waals surface area contributed by atoms with Gasteiger partial charge in [-0.1, -0.05) is 18.2 Å². The van der Waals surface area contributed by atoms with E-state index in [1.165, 1.54) is 0 Å². The summed E-state index contributed by atoms with van der Waals surface area (Å²) in [5, 5.41) is 10.5. The molecule has 1 aromatic heterocycles. The van der Waals surface area contributed by atoms with E-state index in [1.54, 1.807) is 13.2 Å². The molecule has 106 valence electrons. The Bertz CT molecular complexity index is 814. The maximum atomic E-state index is 12.4. The van der Waals surface area contributed by atoms with Crippen molar-refractivity contribution in [3.63, 3.8) is 0 Å². The van der Waals surface area contributed by atoms with Gasteiger partial charge < -0.3 is 10.1 Å². The average Bonchev–Trinajstić information content (AvgIpc) is 2.93. The highest BCUT2D eigenvalue weighted by atomic mass is 79.9. The zero-order valence-electron chi connectivity index (χ0n) is 11.2. The fraction of sp³-hybridized carbons (Fsp3) is 0.0667. The molecule has 21 heavy (non-hydrogen) atoms. The zero-order chi connectivity index (χ0) is 14.8. The molecule has 0 fully saturated rings. The summed E-state index contributed by atoms with van der Waals surface area (Å²) in [6.07, 6.45) is 0. The maximum absolute atomic E-state index is 12.4. The number of aromatic nitrogens is 2. The summed E-state index contributed by atoms with van der Waals surface area (Å²) in [5.74, 6) is 0.391. The minimum absolute atomic E-state index is 0.276. The standard InChI is InChI=1S/C15H12BrN3O2/c1-21-9-6-7-11(16)13(8-9)17-15(20)14-10-4-2-3-5-12(10)18-19-14/h2-8H,1H3,(H,17,20)(H,18,19). The van der Waals surface area contributed by atoms with Gasteiger partial charge in [0, 0.05) is 15.9 Å². The van der Waals surface area contributed by atoms with Crippen LogP contribution in [0.5, 0.6) is 5.75 Å². The second-order valence-electron chi connectivity index (χ2n) is 4.42. The molecule has 0 spiro atoms. The van der Waals surface area contributed by atoms with Crippen molar-refractivity contribution in [3.8, 4) is 5.75 Å². The molecule has 0 unspecified atom stereocenters.